The number of aromatic nitrogens is 3. The number of aryl methyl sites for hydroxylation is 1. The van der Waals surface area contributed by atoms with E-state index >= 15 is 0 Å². The number of rotatable bonds is 4. The maximum Gasteiger partial charge on any atom is 0.420 e. The van der Waals surface area contributed by atoms with Gasteiger partial charge in [0, 0.05) is 18.8 Å². The summed E-state index contributed by atoms with van der Waals surface area (Å²) in [6, 6.07) is 4.76. The first-order valence-corrected chi connectivity index (χ1v) is 11.3. The number of oxazole rings is 1. The number of anilines is 1. The third kappa shape index (κ3) is 4.08. The molecule has 2 N–H and O–H groups in total. The highest BCUT2D eigenvalue weighted by Gasteiger charge is 2.24. The Labute approximate surface area is 188 Å². The molecular weight excluding hydrogens is 426 g/mol. The van der Waals surface area contributed by atoms with E-state index in [1.165, 1.54) is 4.57 Å². The van der Waals surface area contributed by atoms with Crippen molar-refractivity contribution in [2.75, 3.05) is 18.4 Å². The van der Waals surface area contributed by atoms with Crippen LogP contribution in [-0.4, -0.2) is 44.6 Å². The molecule has 1 aromatic carbocycles. The van der Waals surface area contributed by atoms with Crippen LogP contribution in [0.2, 0.25) is 0 Å². The summed E-state index contributed by atoms with van der Waals surface area (Å²) in [6.07, 6.45) is 6.25. The zero-order valence-corrected chi connectivity index (χ0v) is 18.2. The SMILES string of the molecule is O=C(Nc1ccc2oc(=O)n(CC(=O)N3CCCCC3)c2c1)c1c2c(n[nH]c1=O)CCCC2. The normalized spacial score (nSPS) is 15.9. The predicted octanol–water partition coefficient (Wildman–Crippen LogP) is 1.82. The minimum Gasteiger partial charge on any atom is -0.408 e. The Kier molecular flexibility index (Phi) is 5.57. The smallest absolute Gasteiger partial charge is 0.408 e. The number of carbonyl (C=O) groups is 2. The molecule has 1 fully saturated rings. The van der Waals surface area contributed by atoms with Crippen molar-refractivity contribution in [3.63, 3.8) is 0 Å². The van der Waals surface area contributed by atoms with Crippen LogP contribution in [0.15, 0.2) is 32.2 Å². The number of nitrogens with one attached hydrogen (secondary N) is 2. The molecule has 1 aliphatic carbocycles. The van der Waals surface area contributed by atoms with Crippen LogP contribution in [0.5, 0.6) is 0 Å². The van der Waals surface area contributed by atoms with Gasteiger partial charge in [-0.3, -0.25) is 19.0 Å². The average Bonchev–Trinajstić information content (AvgIpc) is 3.13. The highest BCUT2D eigenvalue weighted by Crippen LogP contribution is 2.23. The maximum absolute atomic E-state index is 13.0. The minimum absolute atomic E-state index is 0.0738. The first kappa shape index (κ1) is 21.2. The number of benzene rings is 1. The molecule has 0 saturated carbocycles. The number of piperidine rings is 1. The standard InChI is InChI=1S/C23H25N5O5/c29-19(27-10-4-1-5-11-27)13-28-17-12-14(8-9-18(17)33-23(28)32)24-21(30)20-15-6-2-3-7-16(15)25-26-22(20)31/h8-9,12H,1-7,10-11,13H2,(H,24,30)(H,26,31). The van der Waals surface area contributed by atoms with Gasteiger partial charge in [-0.15, -0.1) is 0 Å². The summed E-state index contributed by atoms with van der Waals surface area (Å²) >= 11 is 0. The number of fused-ring (bicyclic) bond motifs is 2. The quantitative estimate of drug-likeness (QED) is 0.622. The first-order chi connectivity index (χ1) is 16.0. The van der Waals surface area contributed by atoms with Crippen molar-refractivity contribution >= 4 is 28.6 Å². The molecule has 5 rings (SSSR count). The summed E-state index contributed by atoms with van der Waals surface area (Å²) in [5.74, 6) is -1.29. The molecule has 2 aliphatic rings. The van der Waals surface area contributed by atoms with Gasteiger partial charge in [0.05, 0.1) is 11.2 Å². The van der Waals surface area contributed by atoms with Crippen molar-refractivity contribution < 1.29 is 14.0 Å². The highest BCUT2D eigenvalue weighted by atomic mass is 16.4. The molecule has 10 nitrogen and oxygen atoms in total. The van der Waals surface area contributed by atoms with E-state index in [1.54, 1.807) is 23.1 Å². The summed E-state index contributed by atoms with van der Waals surface area (Å²) in [5, 5.41) is 9.26. The van der Waals surface area contributed by atoms with Crippen LogP contribution in [0.25, 0.3) is 11.1 Å². The first-order valence-electron chi connectivity index (χ1n) is 11.3. The van der Waals surface area contributed by atoms with Crippen molar-refractivity contribution in [2.24, 2.45) is 0 Å². The maximum atomic E-state index is 13.0. The zero-order chi connectivity index (χ0) is 22.9. The Hall–Kier alpha value is -3.69. The molecule has 0 spiro atoms. The number of likely N-dealkylation sites (tertiary alicyclic amines) is 1. The Morgan fingerprint density at radius 3 is 2.67 bits per heavy atom. The van der Waals surface area contributed by atoms with Gasteiger partial charge in [0.15, 0.2) is 5.58 Å². The average molecular weight is 451 g/mol. The van der Waals surface area contributed by atoms with Crippen LogP contribution < -0.4 is 16.6 Å². The molecular formula is C23H25N5O5. The van der Waals surface area contributed by atoms with E-state index in [9.17, 15) is 19.2 Å². The van der Waals surface area contributed by atoms with Crippen molar-refractivity contribution in [1.29, 1.82) is 0 Å². The number of hydrogen-bond acceptors (Lipinski definition) is 6. The lowest BCUT2D eigenvalue weighted by Gasteiger charge is -2.26. The Balaban J connectivity index is 1.43. The van der Waals surface area contributed by atoms with Crippen LogP contribution in [-0.2, 0) is 24.2 Å². The largest absolute Gasteiger partial charge is 0.420 e. The van der Waals surface area contributed by atoms with Gasteiger partial charge in [0.1, 0.15) is 12.1 Å². The van der Waals surface area contributed by atoms with Crippen molar-refractivity contribution in [3.05, 3.63) is 55.9 Å². The monoisotopic (exact) mass is 451 g/mol. The molecule has 10 heteroatoms. The number of amides is 2. The minimum atomic E-state index is -0.626. The van der Waals surface area contributed by atoms with E-state index < -0.39 is 17.2 Å². The lowest BCUT2D eigenvalue weighted by Crippen LogP contribution is -2.39. The third-order valence-corrected chi connectivity index (χ3v) is 6.41. The van der Waals surface area contributed by atoms with Crippen LogP contribution in [0.1, 0.15) is 53.7 Å². The second kappa shape index (κ2) is 8.68. The lowest BCUT2D eigenvalue weighted by molar-refractivity contribution is -0.132. The second-order valence-corrected chi connectivity index (χ2v) is 8.59. The predicted molar refractivity (Wildman–Crippen MR) is 120 cm³/mol. The topological polar surface area (TPSA) is 130 Å². The van der Waals surface area contributed by atoms with Gasteiger partial charge >= 0.3 is 5.76 Å². The summed E-state index contributed by atoms with van der Waals surface area (Å²) in [4.78, 5) is 52.2. The molecule has 0 atom stereocenters. The van der Waals surface area contributed by atoms with Gasteiger partial charge in [-0.2, -0.15) is 5.10 Å². The number of carbonyl (C=O) groups excluding carboxylic acids is 2. The van der Waals surface area contributed by atoms with E-state index in [1.807, 2.05) is 0 Å². The van der Waals surface area contributed by atoms with Crippen LogP contribution in [0, 0.1) is 0 Å². The van der Waals surface area contributed by atoms with Crippen LogP contribution in [0.4, 0.5) is 5.69 Å². The van der Waals surface area contributed by atoms with Crippen LogP contribution in [0.3, 0.4) is 0 Å². The summed E-state index contributed by atoms with van der Waals surface area (Å²) in [7, 11) is 0. The number of nitrogens with zero attached hydrogens (tertiary/aromatic N) is 3. The van der Waals surface area contributed by atoms with Gasteiger partial charge in [-0.05, 0) is 68.7 Å². The lowest BCUT2D eigenvalue weighted by atomic mass is 9.93. The fourth-order valence-corrected chi connectivity index (χ4v) is 4.70. The fraction of sp³-hybridized carbons (Fsp3) is 0.435. The van der Waals surface area contributed by atoms with Gasteiger partial charge < -0.3 is 14.6 Å². The molecule has 3 heterocycles. The fourth-order valence-electron chi connectivity index (χ4n) is 4.70. The Morgan fingerprint density at radius 1 is 1.06 bits per heavy atom. The number of hydrogen-bond donors (Lipinski definition) is 2. The molecule has 2 amide bonds. The Morgan fingerprint density at radius 2 is 1.85 bits per heavy atom. The van der Waals surface area contributed by atoms with Crippen molar-refractivity contribution in [1.82, 2.24) is 19.7 Å². The summed E-state index contributed by atoms with van der Waals surface area (Å²) in [6.45, 7) is 1.26. The van der Waals surface area contributed by atoms with Crippen molar-refractivity contribution in [3.8, 4) is 0 Å². The zero-order valence-electron chi connectivity index (χ0n) is 18.2. The molecule has 172 valence electrons. The van der Waals surface area contributed by atoms with Gasteiger partial charge in [0.2, 0.25) is 5.91 Å². The van der Waals surface area contributed by atoms with E-state index in [0.717, 1.165) is 44.2 Å². The van der Waals surface area contributed by atoms with Gasteiger partial charge in [-0.25, -0.2) is 9.89 Å². The third-order valence-electron chi connectivity index (χ3n) is 6.41. The van der Waals surface area contributed by atoms with Crippen LogP contribution >= 0.6 is 0 Å². The molecule has 0 bridgehead atoms. The van der Waals surface area contributed by atoms with Crippen molar-refractivity contribution in [2.45, 2.75) is 51.5 Å². The summed E-state index contributed by atoms with van der Waals surface area (Å²) in [5.41, 5.74) is 2.12. The molecule has 3 aromatic rings. The molecule has 0 radical (unpaired) electrons. The van der Waals surface area contributed by atoms with Gasteiger partial charge in [-0.1, -0.05) is 0 Å². The van der Waals surface area contributed by atoms with E-state index in [0.29, 0.717) is 41.9 Å². The molecule has 1 saturated heterocycles. The number of H-pyrrole nitrogens is 1. The van der Waals surface area contributed by atoms with E-state index in [-0.39, 0.29) is 18.0 Å². The Bertz CT molecular complexity index is 1350. The van der Waals surface area contributed by atoms with E-state index in [4.69, 9.17) is 4.42 Å². The molecule has 0 unspecified atom stereocenters. The van der Waals surface area contributed by atoms with E-state index in [2.05, 4.69) is 15.5 Å². The van der Waals surface area contributed by atoms with Gasteiger partial charge in [0.25, 0.3) is 11.5 Å². The summed E-state index contributed by atoms with van der Waals surface area (Å²) < 4.78 is 6.57. The molecule has 1 aliphatic heterocycles. The highest BCUT2D eigenvalue weighted by molar-refractivity contribution is 6.05. The second-order valence-electron chi connectivity index (χ2n) is 8.59. The molecule has 2 aromatic heterocycles. The number of aromatic amines is 1. The molecule has 33 heavy (non-hydrogen) atoms.